The second-order valence-electron chi connectivity index (χ2n) is 6.95. The number of benzene rings is 2. The summed E-state index contributed by atoms with van der Waals surface area (Å²) in [5, 5.41) is 18.1. The third-order valence-corrected chi connectivity index (χ3v) is 5.79. The van der Waals surface area contributed by atoms with Crippen LogP contribution in [0.1, 0.15) is 24.1 Å². The molecule has 0 radical (unpaired) electrons. The summed E-state index contributed by atoms with van der Waals surface area (Å²) in [6, 6.07) is 18.2. The lowest BCUT2D eigenvalue weighted by Gasteiger charge is -2.29. The highest BCUT2D eigenvalue weighted by molar-refractivity contribution is 7.99. The number of carbonyl (C=O) groups excluding carboxylic acids is 2. The predicted octanol–water partition coefficient (Wildman–Crippen LogP) is 2.68. The fourth-order valence-corrected chi connectivity index (χ4v) is 4.21. The van der Waals surface area contributed by atoms with E-state index in [1.54, 1.807) is 11.6 Å². The summed E-state index contributed by atoms with van der Waals surface area (Å²) < 4.78 is 6.98. The lowest BCUT2D eigenvalue weighted by Crippen LogP contribution is -2.46. The smallest absolute Gasteiger partial charge is 0.338 e. The minimum atomic E-state index is -0.611. The van der Waals surface area contributed by atoms with Gasteiger partial charge in [-0.15, -0.1) is 5.10 Å². The average Bonchev–Trinajstić information content (AvgIpc) is 3.25. The molecule has 9 nitrogen and oxygen atoms in total. The van der Waals surface area contributed by atoms with Crippen LogP contribution >= 0.6 is 11.8 Å². The molecule has 0 spiro atoms. The van der Waals surface area contributed by atoms with Gasteiger partial charge in [-0.2, -0.15) is 0 Å². The Balaban J connectivity index is 1.61. The number of hydrogen-bond acceptors (Lipinski definition) is 7. The van der Waals surface area contributed by atoms with Gasteiger partial charge in [0.2, 0.25) is 5.16 Å². The first-order valence-electron chi connectivity index (χ1n) is 10.1. The van der Waals surface area contributed by atoms with Gasteiger partial charge >= 0.3 is 12.0 Å². The minimum Gasteiger partial charge on any atom is -0.463 e. The number of esters is 1. The molecule has 1 aliphatic heterocycles. The Bertz CT molecular complexity index is 1120. The lowest BCUT2D eigenvalue weighted by atomic mass is 9.95. The summed E-state index contributed by atoms with van der Waals surface area (Å²) in [5.74, 6) is -0.187. The molecule has 164 valence electrons. The highest BCUT2D eigenvalue weighted by atomic mass is 32.2. The van der Waals surface area contributed by atoms with E-state index < -0.39 is 12.0 Å². The fraction of sp³-hybridized carbons (Fsp3) is 0.227. The molecule has 2 amide bonds. The molecular weight excluding hydrogens is 428 g/mol. The molecule has 1 aromatic heterocycles. The van der Waals surface area contributed by atoms with Crippen LogP contribution in [0.15, 0.2) is 77.1 Å². The molecule has 0 aliphatic carbocycles. The Morgan fingerprint density at radius 2 is 1.84 bits per heavy atom. The summed E-state index contributed by atoms with van der Waals surface area (Å²) in [4.78, 5) is 25.2. The molecule has 2 aromatic carbocycles. The first-order chi connectivity index (χ1) is 15.7. The van der Waals surface area contributed by atoms with Crippen LogP contribution in [0.3, 0.4) is 0 Å². The molecule has 1 aliphatic rings. The van der Waals surface area contributed by atoms with E-state index in [-0.39, 0.29) is 12.6 Å². The van der Waals surface area contributed by atoms with Crippen LogP contribution in [0, 0.1) is 0 Å². The number of thioether (sulfide) groups is 1. The van der Waals surface area contributed by atoms with E-state index in [2.05, 4.69) is 26.2 Å². The Kier molecular flexibility index (Phi) is 6.81. The Morgan fingerprint density at radius 1 is 1.12 bits per heavy atom. The number of nitrogens with one attached hydrogen (secondary N) is 2. The molecule has 0 unspecified atom stereocenters. The van der Waals surface area contributed by atoms with Crippen LogP contribution in [0.4, 0.5) is 4.79 Å². The molecule has 0 saturated carbocycles. The number of aromatic nitrogens is 4. The van der Waals surface area contributed by atoms with Gasteiger partial charge in [0.15, 0.2) is 0 Å². The SMILES string of the molecule is CCOC(=O)C1=C(CSc2nnnn2Cc2ccccc2)NC(=O)N[C@H]1c1ccccc1. The highest BCUT2D eigenvalue weighted by Crippen LogP contribution is 2.30. The lowest BCUT2D eigenvalue weighted by molar-refractivity contribution is -0.139. The van der Waals surface area contributed by atoms with Crippen LogP contribution in [0.25, 0.3) is 0 Å². The molecule has 2 N–H and O–H groups in total. The van der Waals surface area contributed by atoms with E-state index in [4.69, 9.17) is 4.74 Å². The van der Waals surface area contributed by atoms with Crippen molar-refractivity contribution in [3.8, 4) is 0 Å². The predicted molar refractivity (Wildman–Crippen MR) is 119 cm³/mol. The number of urea groups is 1. The van der Waals surface area contributed by atoms with E-state index in [0.717, 1.165) is 11.1 Å². The van der Waals surface area contributed by atoms with Crippen molar-refractivity contribution in [1.82, 2.24) is 30.8 Å². The summed E-state index contributed by atoms with van der Waals surface area (Å²) in [6.07, 6.45) is 0. The highest BCUT2D eigenvalue weighted by Gasteiger charge is 2.33. The van der Waals surface area contributed by atoms with Gasteiger partial charge in [-0.05, 0) is 28.5 Å². The van der Waals surface area contributed by atoms with Crippen molar-refractivity contribution in [3.05, 3.63) is 83.1 Å². The number of tetrazole rings is 1. The molecule has 0 saturated heterocycles. The Morgan fingerprint density at radius 3 is 2.56 bits per heavy atom. The minimum absolute atomic E-state index is 0.230. The van der Waals surface area contributed by atoms with Crippen molar-refractivity contribution >= 4 is 23.8 Å². The zero-order valence-corrected chi connectivity index (χ0v) is 18.2. The van der Waals surface area contributed by atoms with E-state index in [0.29, 0.717) is 28.7 Å². The van der Waals surface area contributed by atoms with Crippen LogP contribution in [-0.4, -0.2) is 44.6 Å². The van der Waals surface area contributed by atoms with Gasteiger partial charge in [-0.1, -0.05) is 72.4 Å². The van der Waals surface area contributed by atoms with E-state index >= 15 is 0 Å². The van der Waals surface area contributed by atoms with Crippen molar-refractivity contribution in [3.63, 3.8) is 0 Å². The second-order valence-corrected chi connectivity index (χ2v) is 7.89. The standard InChI is InChI=1S/C22H22N6O3S/c1-2-31-20(29)18-17(23-21(30)24-19(18)16-11-7-4-8-12-16)14-32-22-25-26-27-28(22)13-15-9-5-3-6-10-15/h3-12,19H,2,13-14H2,1H3,(H2,23,24,30)/t19-/m0/s1. The molecule has 4 rings (SSSR count). The number of carbonyl (C=O) groups is 2. The second kappa shape index (κ2) is 10.1. The van der Waals surface area contributed by atoms with Gasteiger partial charge in [0.05, 0.1) is 24.8 Å². The van der Waals surface area contributed by atoms with E-state index in [9.17, 15) is 9.59 Å². The zero-order chi connectivity index (χ0) is 22.3. The number of nitrogens with zero attached hydrogens (tertiary/aromatic N) is 4. The summed E-state index contributed by atoms with van der Waals surface area (Å²) in [6.45, 7) is 2.49. The van der Waals surface area contributed by atoms with Crippen molar-refractivity contribution in [1.29, 1.82) is 0 Å². The number of hydrogen-bond donors (Lipinski definition) is 2. The molecular formula is C22H22N6O3S. The normalized spacial score (nSPS) is 15.8. The first-order valence-corrected chi connectivity index (χ1v) is 11.1. The quantitative estimate of drug-likeness (QED) is 0.401. The van der Waals surface area contributed by atoms with Crippen LogP contribution in [-0.2, 0) is 16.1 Å². The van der Waals surface area contributed by atoms with Crippen molar-refractivity contribution in [2.24, 2.45) is 0 Å². The number of rotatable bonds is 8. The zero-order valence-electron chi connectivity index (χ0n) is 17.4. The fourth-order valence-electron chi connectivity index (χ4n) is 3.37. The van der Waals surface area contributed by atoms with E-state index in [1.807, 2.05) is 60.7 Å². The maximum absolute atomic E-state index is 12.8. The van der Waals surface area contributed by atoms with Crippen LogP contribution in [0.5, 0.6) is 0 Å². The molecule has 1 atom stereocenters. The van der Waals surface area contributed by atoms with Gasteiger partial charge in [0.25, 0.3) is 0 Å². The maximum Gasteiger partial charge on any atom is 0.338 e. The number of ether oxygens (including phenoxy) is 1. The monoisotopic (exact) mass is 450 g/mol. The topological polar surface area (TPSA) is 111 Å². The molecule has 0 bridgehead atoms. The van der Waals surface area contributed by atoms with E-state index in [1.165, 1.54) is 11.8 Å². The average molecular weight is 451 g/mol. The Labute approximate surface area is 189 Å². The third-order valence-electron chi connectivity index (χ3n) is 4.80. The molecule has 2 heterocycles. The summed E-state index contributed by atoms with van der Waals surface area (Å²) in [7, 11) is 0. The van der Waals surface area contributed by atoms with Crippen molar-refractivity contribution in [2.75, 3.05) is 12.4 Å². The van der Waals surface area contributed by atoms with Crippen LogP contribution in [0.2, 0.25) is 0 Å². The van der Waals surface area contributed by atoms with Crippen molar-refractivity contribution in [2.45, 2.75) is 24.7 Å². The van der Waals surface area contributed by atoms with Gasteiger partial charge in [-0.3, -0.25) is 0 Å². The molecule has 32 heavy (non-hydrogen) atoms. The summed E-state index contributed by atoms with van der Waals surface area (Å²) in [5.41, 5.74) is 2.70. The third kappa shape index (κ3) is 4.97. The largest absolute Gasteiger partial charge is 0.463 e. The molecule has 10 heteroatoms. The molecule has 0 fully saturated rings. The summed E-state index contributed by atoms with van der Waals surface area (Å²) >= 11 is 1.34. The first kappa shape index (κ1) is 21.6. The van der Waals surface area contributed by atoms with Crippen molar-refractivity contribution < 1.29 is 14.3 Å². The van der Waals surface area contributed by atoms with Gasteiger partial charge in [0.1, 0.15) is 0 Å². The van der Waals surface area contributed by atoms with Gasteiger partial charge in [-0.25, -0.2) is 14.3 Å². The van der Waals surface area contributed by atoms with Gasteiger partial charge in [0, 0.05) is 11.4 Å². The Hall–Kier alpha value is -3.66. The van der Waals surface area contributed by atoms with Gasteiger partial charge < -0.3 is 15.4 Å². The molecule has 3 aromatic rings. The maximum atomic E-state index is 12.8. The van der Waals surface area contributed by atoms with Crippen LogP contribution < -0.4 is 10.6 Å². The number of amides is 2.